The number of aromatic nitrogens is 3. The summed E-state index contributed by atoms with van der Waals surface area (Å²) in [5.74, 6) is -0.0748. The smallest absolute Gasteiger partial charge is 0.276 e. The lowest BCUT2D eigenvalue weighted by molar-refractivity contribution is -0.0449. The summed E-state index contributed by atoms with van der Waals surface area (Å²) >= 11 is 0. The van der Waals surface area contributed by atoms with Crippen LogP contribution in [0.5, 0.6) is 0 Å². The van der Waals surface area contributed by atoms with Crippen molar-refractivity contribution in [3.8, 4) is 0 Å². The summed E-state index contributed by atoms with van der Waals surface area (Å²) < 4.78 is 7.68. The number of morpholine rings is 1. The van der Waals surface area contributed by atoms with Crippen molar-refractivity contribution in [2.45, 2.75) is 38.0 Å². The van der Waals surface area contributed by atoms with Crippen molar-refractivity contribution >= 4 is 5.91 Å². The maximum atomic E-state index is 13.2. The van der Waals surface area contributed by atoms with Gasteiger partial charge in [0.1, 0.15) is 0 Å². The third-order valence-electron chi connectivity index (χ3n) is 5.23. The Kier molecular flexibility index (Phi) is 4.99. The van der Waals surface area contributed by atoms with Gasteiger partial charge in [0.2, 0.25) is 0 Å². The van der Waals surface area contributed by atoms with Crippen LogP contribution < -0.4 is 5.32 Å². The Hall–Kier alpha value is -2.25. The van der Waals surface area contributed by atoms with E-state index in [0.717, 1.165) is 31.5 Å². The molecule has 1 amide bonds. The molecule has 1 N–H and O–H groups in total. The number of nitrogens with zero attached hydrogens (tertiary/aromatic N) is 4. The van der Waals surface area contributed by atoms with Crippen LogP contribution in [0.15, 0.2) is 36.5 Å². The van der Waals surface area contributed by atoms with Gasteiger partial charge >= 0.3 is 0 Å². The molecular weight excluding hydrogens is 330 g/mol. The molecule has 2 fully saturated rings. The minimum atomic E-state index is -0.0936. The van der Waals surface area contributed by atoms with Gasteiger partial charge in [0.15, 0.2) is 5.69 Å². The predicted molar refractivity (Wildman–Crippen MR) is 96.8 cm³/mol. The molecule has 138 valence electrons. The molecule has 26 heavy (non-hydrogen) atoms. The van der Waals surface area contributed by atoms with Crippen molar-refractivity contribution in [2.75, 3.05) is 26.2 Å². The minimum Gasteiger partial charge on any atom is -0.374 e. The highest BCUT2D eigenvalue weighted by molar-refractivity contribution is 5.92. The second-order valence-corrected chi connectivity index (χ2v) is 7.09. The van der Waals surface area contributed by atoms with Crippen molar-refractivity contribution in [3.05, 3.63) is 47.8 Å². The van der Waals surface area contributed by atoms with Crippen molar-refractivity contribution in [2.24, 2.45) is 0 Å². The van der Waals surface area contributed by atoms with E-state index in [1.165, 1.54) is 0 Å². The number of carbonyl (C=O) groups is 1. The Balaban J connectivity index is 1.55. The molecule has 2 aromatic rings. The third-order valence-corrected chi connectivity index (χ3v) is 5.23. The van der Waals surface area contributed by atoms with Crippen LogP contribution in [0.2, 0.25) is 0 Å². The zero-order valence-corrected chi connectivity index (χ0v) is 15.0. The monoisotopic (exact) mass is 355 g/mol. The van der Waals surface area contributed by atoms with Crippen molar-refractivity contribution in [1.82, 2.24) is 25.2 Å². The number of hydrogen-bond acceptors (Lipinski definition) is 5. The number of hydrogen-bond donors (Lipinski definition) is 1. The van der Waals surface area contributed by atoms with Crippen LogP contribution in [0.3, 0.4) is 0 Å². The van der Waals surface area contributed by atoms with E-state index in [-0.39, 0.29) is 18.1 Å². The number of rotatable bonds is 3. The second-order valence-electron chi connectivity index (χ2n) is 7.09. The van der Waals surface area contributed by atoms with E-state index in [1.807, 2.05) is 46.8 Å². The highest BCUT2D eigenvalue weighted by atomic mass is 16.5. The van der Waals surface area contributed by atoms with Crippen LogP contribution in [-0.2, 0) is 4.74 Å². The molecule has 1 aromatic heterocycles. The van der Waals surface area contributed by atoms with Gasteiger partial charge in [-0.15, -0.1) is 5.10 Å². The number of ether oxygens (including phenoxy) is 1. The summed E-state index contributed by atoms with van der Waals surface area (Å²) in [6.45, 7) is 5.00. The van der Waals surface area contributed by atoms with Crippen LogP contribution in [0.25, 0.3) is 0 Å². The zero-order valence-electron chi connectivity index (χ0n) is 15.0. The fourth-order valence-electron chi connectivity index (χ4n) is 3.75. The van der Waals surface area contributed by atoms with Gasteiger partial charge in [-0.2, -0.15) is 0 Å². The van der Waals surface area contributed by atoms with E-state index in [1.54, 1.807) is 6.20 Å². The lowest BCUT2D eigenvalue weighted by Gasteiger charge is -2.38. The van der Waals surface area contributed by atoms with E-state index < -0.39 is 0 Å². The first-order chi connectivity index (χ1) is 12.7. The van der Waals surface area contributed by atoms with Crippen molar-refractivity contribution in [1.29, 1.82) is 0 Å². The molecule has 0 saturated carbocycles. The number of benzene rings is 1. The molecule has 2 atom stereocenters. The Labute approximate surface area is 153 Å². The first kappa shape index (κ1) is 17.2. The molecule has 0 radical (unpaired) electrons. The van der Waals surface area contributed by atoms with E-state index in [4.69, 9.17) is 4.74 Å². The molecule has 7 nitrogen and oxygen atoms in total. The summed E-state index contributed by atoms with van der Waals surface area (Å²) in [6.07, 6.45) is 3.84. The summed E-state index contributed by atoms with van der Waals surface area (Å²) in [5.41, 5.74) is 1.50. The maximum absolute atomic E-state index is 13.2. The number of piperidine rings is 1. The quantitative estimate of drug-likeness (QED) is 0.909. The molecule has 0 bridgehead atoms. The van der Waals surface area contributed by atoms with E-state index >= 15 is 0 Å². The Bertz CT molecular complexity index is 741. The van der Waals surface area contributed by atoms with Crippen molar-refractivity contribution in [3.63, 3.8) is 0 Å². The van der Waals surface area contributed by atoms with Crippen LogP contribution in [-0.4, -0.2) is 58.1 Å². The lowest BCUT2D eigenvalue weighted by atomic mass is 10.0. The Morgan fingerprint density at radius 1 is 1.23 bits per heavy atom. The molecule has 2 aliphatic rings. The zero-order chi connectivity index (χ0) is 17.9. The van der Waals surface area contributed by atoms with Gasteiger partial charge in [0.05, 0.1) is 31.0 Å². The van der Waals surface area contributed by atoms with Gasteiger partial charge in [-0.1, -0.05) is 35.5 Å². The molecular formula is C19H25N5O2. The third kappa shape index (κ3) is 3.50. The van der Waals surface area contributed by atoms with Gasteiger partial charge in [-0.05, 0) is 38.4 Å². The largest absolute Gasteiger partial charge is 0.374 e. The molecule has 3 heterocycles. The van der Waals surface area contributed by atoms with Crippen LogP contribution in [0, 0.1) is 0 Å². The molecule has 7 heteroatoms. The first-order valence-corrected chi connectivity index (χ1v) is 9.32. The molecule has 0 unspecified atom stereocenters. The number of carbonyl (C=O) groups excluding carboxylic acids is 1. The molecule has 2 aliphatic heterocycles. The molecule has 0 aliphatic carbocycles. The maximum Gasteiger partial charge on any atom is 0.276 e. The summed E-state index contributed by atoms with van der Waals surface area (Å²) in [4.78, 5) is 15.0. The SMILES string of the molecule is C[C@@H]1CN(C(=O)c2cn(C3CCNCC3)nn2)[C@@H](c2ccccc2)CO1. The van der Waals surface area contributed by atoms with Gasteiger partial charge < -0.3 is 15.0 Å². The normalized spacial score (nSPS) is 24.6. The van der Waals surface area contributed by atoms with Crippen LogP contribution >= 0.6 is 0 Å². The summed E-state index contributed by atoms with van der Waals surface area (Å²) in [6, 6.07) is 10.3. The molecule has 1 aromatic carbocycles. The van der Waals surface area contributed by atoms with Crippen LogP contribution in [0.4, 0.5) is 0 Å². The molecule has 4 rings (SSSR count). The van der Waals surface area contributed by atoms with Gasteiger partial charge in [0.25, 0.3) is 5.91 Å². The highest BCUT2D eigenvalue weighted by Gasteiger charge is 2.33. The fourth-order valence-corrected chi connectivity index (χ4v) is 3.75. The summed E-state index contributed by atoms with van der Waals surface area (Å²) in [5, 5.41) is 11.8. The Morgan fingerprint density at radius 3 is 2.77 bits per heavy atom. The highest BCUT2D eigenvalue weighted by Crippen LogP contribution is 2.28. The average molecular weight is 355 g/mol. The van der Waals surface area contributed by atoms with Gasteiger partial charge in [0, 0.05) is 6.54 Å². The molecule has 2 saturated heterocycles. The topological polar surface area (TPSA) is 72.3 Å². The van der Waals surface area contributed by atoms with Gasteiger partial charge in [-0.3, -0.25) is 4.79 Å². The van der Waals surface area contributed by atoms with E-state index in [0.29, 0.717) is 24.9 Å². The Morgan fingerprint density at radius 2 is 2.00 bits per heavy atom. The molecule has 0 spiro atoms. The van der Waals surface area contributed by atoms with E-state index in [2.05, 4.69) is 15.6 Å². The predicted octanol–water partition coefficient (Wildman–Crippen LogP) is 1.80. The number of amides is 1. The number of nitrogens with one attached hydrogen (secondary N) is 1. The summed E-state index contributed by atoms with van der Waals surface area (Å²) in [7, 11) is 0. The van der Waals surface area contributed by atoms with Crippen LogP contribution in [0.1, 0.15) is 47.9 Å². The fraction of sp³-hybridized carbons (Fsp3) is 0.526. The average Bonchev–Trinajstić information content (AvgIpc) is 3.19. The lowest BCUT2D eigenvalue weighted by Crippen LogP contribution is -2.46. The van der Waals surface area contributed by atoms with Gasteiger partial charge in [-0.25, -0.2) is 4.68 Å². The van der Waals surface area contributed by atoms with Crippen molar-refractivity contribution < 1.29 is 9.53 Å². The van der Waals surface area contributed by atoms with E-state index in [9.17, 15) is 4.79 Å². The second kappa shape index (κ2) is 7.55. The first-order valence-electron chi connectivity index (χ1n) is 9.32. The minimum absolute atomic E-state index is 0.0124. The standard InChI is InChI=1S/C19H25N5O2/c1-14-11-23(18(13-26-14)15-5-3-2-4-6-15)19(25)17-12-24(22-21-17)16-7-9-20-10-8-16/h2-6,12,14,16,18,20H,7-11,13H2,1H3/t14-,18-/m1/s1.